The predicted molar refractivity (Wildman–Crippen MR) is 270 cm³/mol. The third-order valence-corrected chi connectivity index (χ3v) is 12.8. The molecule has 6 heteroatoms. The van der Waals surface area contributed by atoms with Crippen molar-refractivity contribution in [3.05, 3.63) is 12.2 Å². The first-order chi connectivity index (χ1) is 31.0. The largest absolute Gasteiger partial charge is 0.462 e. The first kappa shape index (κ1) is 61.1. The summed E-state index contributed by atoms with van der Waals surface area (Å²) in [7, 11) is 0. The van der Waals surface area contributed by atoms with Crippen molar-refractivity contribution in [1.29, 1.82) is 0 Å². The number of hydrogen-bond donors (Lipinski definition) is 0. The summed E-state index contributed by atoms with van der Waals surface area (Å²) >= 11 is 0. The lowest BCUT2D eigenvalue weighted by atomic mass is 10.0. The molecule has 0 radical (unpaired) electrons. The van der Waals surface area contributed by atoms with Gasteiger partial charge in [-0.3, -0.25) is 14.4 Å². The Balaban J connectivity index is 3.93. The van der Waals surface area contributed by atoms with Crippen LogP contribution in [0.25, 0.3) is 0 Å². The highest BCUT2D eigenvalue weighted by molar-refractivity contribution is 5.71. The van der Waals surface area contributed by atoms with E-state index in [2.05, 4.69) is 32.9 Å². The van der Waals surface area contributed by atoms with E-state index >= 15 is 0 Å². The van der Waals surface area contributed by atoms with E-state index in [-0.39, 0.29) is 31.1 Å². The smallest absolute Gasteiger partial charge is 0.306 e. The minimum atomic E-state index is -0.766. The van der Waals surface area contributed by atoms with E-state index in [0.29, 0.717) is 19.3 Å². The maximum atomic E-state index is 12.7. The molecule has 0 fully saturated rings. The van der Waals surface area contributed by atoms with Crippen molar-refractivity contribution in [1.82, 2.24) is 0 Å². The van der Waals surface area contributed by atoms with Gasteiger partial charge in [0.15, 0.2) is 6.10 Å². The first-order valence-electron chi connectivity index (χ1n) is 28.2. The van der Waals surface area contributed by atoms with Crippen molar-refractivity contribution in [2.45, 2.75) is 322 Å². The molecule has 0 aromatic carbocycles. The van der Waals surface area contributed by atoms with Crippen LogP contribution in [0.4, 0.5) is 0 Å². The van der Waals surface area contributed by atoms with E-state index < -0.39 is 6.10 Å². The van der Waals surface area contributed by atoms with E-state index in [9.17, 15) is 14.4 Å². The number of hydrogen-bond acceptors (Lipinski definition) is 6. The van der Waals surface area contributed by atoms with Crippen molar-refractivity contribution in [3.8, 4) is 0 Å². The molecule has 0 spiro atoms. The van der Waals surface area contributed by atoms with Crippen LogP contribution >= 0.6 is 0 Å². The molecule has 0 aromatic rings. The van der Waals surface area contributed by atoms with Gasteiger partial charge in [0.1, 0.15) is 13.2 Å². The van der Waals surface area contributed by atoms with Gasteiger partial charge in [0.05, 0.1) is 0 Å². The van der Waals surface area contributed by atoms with Crippen LogP contribution in [0.3, 0.4) is 0 Å². The fourth-order valence-corrected chi connectivity index (χ4v) is 8.51. The number of allylic oxidation sites excluding steroid dienone is 2. The molecule has 6 nitrogen and oxygen atoms in total. The van der Waals surface area contributed by atoms with Gasteiger partial charge < -0.3 is 14.2 Å². The second-order valence-corrected chi connectivity index (χ2v) is 19.2. The van der Waals surface area contributed by atoms with Crippen molar-refractivity contribution in [2.24, 2.45) is 0 Å². The summed E-state index contributed by atoms with van der Waals surface area (Å²) in [5, 5.41) is 0. The Bertz CT molecular complexity index is 978. The lowest BCUT2D eigenvalue weighted by Gasteiger charge is -2.18. The van der Waals surface area contributed by atoms with Crippen LogP contribution in [0.5, 0.6) is 0 Å². The highest BCUT2D eigenvalue weighted by Gasteiger charge is 2.19. The average molecular weight is 889 g/mol. The minimum Gasteiger partial charge on any atom is -0.462 e. The zero-order chi connectivity index (χ0) is 45.8. The van der Waals surface area contributed by atoms with Gasteiger partial charge in [-0.25, -0.2) is 0 Å². The lowest BCUT2D eigenvalue weighted by Crippen LogP contribution is -2.30. The molecule has 0 aliphatic rings. The number of rotatable bonds is 52. The molecule has 0 aliphatic carbocycles. The van der Waals surface area contributed by atoms with Gasteiger partial charge in [0.25, 0.3) is 0 Å². The fraction of sp³-hybridized carbons (Fsp3) is 0.912. The number of carbonyl (C=O) groups is 3. The SMILES string of the molecule is CCC/C=C\CCCCCCCC(=O)OC(COC(=O)CCCCCCCCC)COC(=O)CCCCCCCCCCCCCCCCCCCCCCCCCCCCCC. The molecule has 0 aromatic heterocycles. The summed E-state index contributed by atoms with van der Waals surface area (Å²) in [5.41, 5.74) is 0. The molecule has 372 valence electrons. The zero-order valence-corrected chi connectivity index (χ0v) is 42.6. The molecule has 0 saturated carbocycles. The Kier molecular flexibility index (Phi) is 51.2. The molecule has 1 atom stereocenters. The Labute approximate surface area is 392 Å². The van der Waals surface area contributed by atoms with Crippen molar-refractivity contribution in [2.75, 3.05) is 13.2 Å². The topological polar surface area (TPSA) is 78.9 Å². The van der Waals surface area contributed by atoms with Crippen LogP contribution in [0, 0.1) is 0 Å². The molecule has 1 unspecified atom stereocenters. The van der Waals surface area contributed by atoms with Gasteiger partial charge in [-0.05, 0) is 38.5 Å². The normalized spacial score (nSPS) is 12.0. The molecule has 0 N–H and O–H groups in total. The number of esters is 3. The van der Waals surface area contributed by atoms with Crippen LogP contribution in [-0.2, 0) is 28.6 Å². The Morgan fingerprint density at radius 3 is 0.857 bits per heavy atom. The van der Waals surface area contributed by atoms with Crippen LogP contribution in [0.15, 0.2) is 12.2 Å². The van der Waals surface area contributed by atoms with Gasteiger partial charge in [0, 0.05) is 19.3 Å². The first-order valence-corrected chi connectivity index (χ1v) is 28.2. The Morgan fingerprint density at radius 1 is 0.302 bits per heavy atom. The average Bonchev–Trinajstić information content (AvgIpc) is 3.28. The molecular weight excluding hydrogens is 781 g/mol. The standard InChI is InChI=1S/C57H108O6/c1-4-7-10-13-16-18-20-21-22-23-24-25-26-27-28-29-30-31-32-33-34-35-36-37-39-41-44-47-50-56(59)62-53-54(52-61-55(58)49-46-43-40-15-12-9-6-3)63-57(60)51-48-45-42-38-19-17-14-11-8-5-2/h11,14,54H,4-10,12-13,15-53H2,1-3H3/b14-11-. The molecule has 0 heterocycles. The molecule has 0 bridgehead atoms. The number of unbranched alkanes of at least 4 members (excludes halogenated alkanes) is 39. The maximum Gasteiger partial charge on any atom is 0.306 e. The van der Waals surface area contributed by atoms with E-state index in [1.807, 2.05) is 0 Å². The summed E-state index contributed by atoms with van der Waals surface area (Å²) in [5.74, 6) is -0.872. The maximum absolute atomic E-state index is 12.7. The summed E-state index contributed by atoms with van der Waals surface area (Å²) in [6.07, 6.45) is 59.7. The number of carbonyl (C=O) groups excluding carboxylic acids is 3. The van der Waals surface area contributed by atoms with Gasteiger partial charge in [-0.1, -0.05) is 270 Å². The Hall–Kier alpha value is -1.85. The van der Waals surface area contributed by atoms with E-state index in [1.54, 1.807) is 0 Å². The van der Waals surface area contributed by atoms with Gasteiger partial charge in [-0.2, -0.15) is 0 Å². The van der Waals surface area contributed by atoms with Crippen molar-refractivity contribution < 1.29 is 28.6 Å². The van der Waals surface area contributed by atoms with E-state index in [0.717, 1.165) is 70.6 Å². The van der Waals surface area contributed by atoms with Crippen LogP contribution in [0.2, 0.25) is 0 Å². The van der Waals surface area contributed by atoms with E-state index in [4.69, 9.17) is 14.2 Å². The second kappa shape index (κ2) is 52.8. The van der Waals surface area contributed by atoms with Gasteiger partial charge >= 0.3 is 17.9 Å². The summed E-state index contributed by atoms with van der Waals surface area (Å²) in [4.78, 5) is 37.7. The molecule has 0 rings (SSSR count). The molecule has 63 heavy (non-hydrogen) atoms. The number of ether oxygens (including phenoxy) is 3. The summed E-state index contributed by atoms with van der Waals surface area (Å²) in [6, 6.07) is 0. The van der Waals surface area contributed by atoms with Crippen molar-refractivity contribution >= 4 is 17.9 Å². The van der Waals surface area contributed by atoms with Crippen LogP contribution in [0.1, 0.15) is 316 Å². The second-order valence-electron chi connectivity index (χ2n) is 19.2. The van der Waals surface area contributed by atoms with Crippen LogP contribution in [-0.4, -0.2) is 37.2 Å². The highest BCUT2D eigenvalue weighted by Crippen LogP contribution is 2.17. The molecule has 0 amide bonds. The quantitative estimate of drug-likeness (QED) is 0.0262. The molecule has 0 aliphatic heterocycles. The molecular formula is C57H108O6. The summed E-state index contributed by atoms with van der Waals surface area (Å²) < 4.78 is 16.7. The molecule has 0 saturated heterocycles. The monoisotopic (exact) mass is 889 g/mol. The van der Waals surface area contributed by atoms with Gasteiger partial charge in [0.2, 0.25) is 0 Å². The third kappa shape index (κ3) is 51.0. The highest BCUT2D eigenvalue weighted by atomic mass is 16.6. The summed E-state index contributed by atoms with van der Waals surface area (Å²) in [6.45, 7) is 6.57. The van der Waals surface area contributed by atoms with Crippen LogP contribution < -0.4 is 0 Å². The van der Waals surface area contributed by atoms with E-state index in [1.165, 1.54) is 205 Å². The predicted octanol–water partition coefficient (Wildman–Crippen LogP) is 18.5. The third-order valence-electron chi connectivity index (χ3n) is 12.8. The van der Waals surface area contributed by atoms with Gasteiger partial charge in [-0.15, -0.1) is 0 Å². The Morgan fingerprint density at radius 2 is 0.556 bits per heavy atom. The fourth-order valence-electron chi connectivity index (χ4n) is 8.51. The zero-order valence-electron chi connectivity index (χ0n) is 42.6. The minimum absolute atomic E-state index is 0.0691. The van der Waals surface area contributed by atoms with Crippen molar-refractivity contribution in [3.63, 3.8) is 0 Å². The lowest BCUT2D eigenvalue weighted by molar-refractivity contribution is -0.167.